The van der Waals surface area contributed by atoms with Gasteiger partial charge in [0.15, 0.2) is 0 Å². The van der Waals surface area contributed by atoms with Gasteiger partial charge in [0.05, 0.1) is 0 Å². The molecule has 0 aliphatic heterocycles. The zero-order chi connectivity index (χ0) is 11.0. The Morgan fingerprint density at radius 3 is 2.43 bits per heavy atom. The fourth-order valence-corrected chi connectivity index (χ4v) is 1.18. The first kappa shape index (κ1) is 13.2. The van der Waals surface area contributed by atoms with Gasteiger partial charge in [-0.25, -0.2) is 4.79 Å². The van der Waals surface area contributed by atoms with E-state index in [-0.39, 0.29) is 0 Å². The van der Waals surface area contributed by atoms with Crippen molar-refractivity contribution in [1.29, 1.82) is 0 Å². The van der Waals surface area contributed by atoms with Crippen LogP contribution in [0.4, 0.5) is 0 Å². The van der Waals surface area contributed by atoms with Crippen LogP contribution in [0.1, 0.15) is 33.6 Å². The third-order valence-electron chi connectivity index (χ3n) is 2.48. The fourth-order valence-electron chi connectivity index (χ4n) is 1.18. The molecular formula is C11H21NO2. The molecule has 0 spiro atoms. The molecule has 0 bridgehead atoms. The van der Waals surface area contributed by atoms with Gasteiger partial charge in [0.25, 0.3) is 0 Å². The van der Waals surface area contributed by atoms with Gasteiger partial charge >= 0.3 is 5.97 Å². The molecular weight excluding hydrogens is 178 g/mol. The predicted molar refractivity (Wildman–Crippen MR) is 58.3 cm³/mol. The molecule has 0 aromatic rings. The topological polar surface area (TPSA) is 49.3 Å². The van der Waals surface area contributed by atoms with Crippen molar-refractivity contribution in [2.75, 3.05) is 13.1 Å². The molecule has 0 fully saturated rings. The quantitative estimate of drug-likeness (QED) is 0.487. The molecule has 2 N–H and O–H groups in total. The molecule has 0 rings (SSSR count). The Bertz CT molecular complexity index is 195. The van der Waals surface area contributed by atoms with Crippen LogP contribution in [-0.2, 0) is 4.79 Å². The summed E-state index contributed by atoms with van der Waals surface area (Å²) in [4.78, 5) is 10.4. The van der Waals surface area contributed by atoms with Gasteiger partial charge in [-0.1, -0.05) is 32.8 Å². The number of aliphatic carboxylic acids is 1. The van der Waals surface area contributed by atoms with E-state index in [9.17, 15) is 4.79 Å². The minimum absolute atomic E-state index is 0.405. The summed E-state index contributed by atoms with van der Waals surface area (Å²) >= 11 is 0. The van der Waals surface area contributed by atoms with Crippen molar-refractivity contribution in [2.45, 2.75) is 33.6 Å². The van der Waals surface area contributed by atoms with Gasteiger partial charge < -0.3 is 10.4 Å². The van der Waals surface area contributed by atoms with Crippen LogP contribution in [0.2, 0.25) is 0 Å². The highest BCUT2D eigenvalue weighted by Gasteiger charge is 2.02. The molecule has 0 radical (unpaired) electrons. The average Bonchev–Trinajstić information content (AvgIpc) is 2.17. The first-order valence-corrected chi connectivity index (χ1v) is 5.22. The van der Waals surface area contributed by atoms with E-state index in [2.05, 4.69) is 19.2 Å². The zero-order valence-corrected chi connectivity index (χ0v) is 9.34. The van der Waals surface area contributed by atoms with Crippen LogP contribution in [0.15, 0.2) is 11.6 Å². The van der Waals surface area contributed by atoms with E-state index in [4.69, 9.17) is 5.11 Å². The Kier molecular flexibility index (Phi) is 7.11. The number of carbonyl (C=O) groups is 1. The van der Waals surface area contributed by atoms with Gasteiger partial charge in [0.1, 0.15) is 0 Å². The van der Waals surface area contributed by atoms with Crippen molar-refractivity contribution in [3.8, 4) is 0 Å². The van der Waals surface area contributed by atoms with Crippen LogP contribution in [0, 0.1) is 5.92 Å². The minimum Gasteiger partial charge on any atom is -0.478 e. The van der Waals surface area contributed by atoms with Gasteiger partial charge in [-0.15, -0.1) is 0 Å². The van der Waals surface area contributed by atoms with Gasteiger partial charge in [-0.05, 0) is 19.4 Å². The minimum atomic E-state index is -0.839. The van der Waals surface area contributed by atoms with E-state index in [0.717, 1.165) is 6.54 Å². The van der Waals surface area contributed by atoms with Crippen molar-refractivity contribution >= 4 is 5.97 Å². The lowest BCUT2D eigenvalue weighted by Crippen LogP contribution is -2.22. The van der Waals surface area contributed by atoms with E-state index in [1.807, 2.05) is 0 Å². The molecule has 0 amide bonds. The van der Waals surface area contributed by atoms with E-state index >= 15 is 0 Å². The Balaban J connectivity index is 3.64. The van der Waals surface area contributed by atoms with Crippen LogP contribution < -0.4 is 5.32 Å². The Labute approximate surface area is 86.2 Å². The second-order valence-corrected chi connectivity index (χ2v) is 3.53. The largest absolute Gasteiger partial charge is 0.478 e. The number of hydrogen-bond donors (Lipinski definition) is 2. The van der Waals surface area contributed by atoms with Gasteiger partial charge in [-0.2, -0.15) is 0 Å². The molecule has 0 aliphatic carbocycles. The number of nitrogens with one attached hydrogen (secondary N) is 1. The zero-order valence-electron chi connectivity index (χ0n) is 9.34. The molecule has 0 aromatic heterocycles. The van der Waals surface area contributed by atoms with Crippen LogP contribution in [0.25, 0.3) is 0 Å². The molecule has 0 unspecified atom stereocenters. The molecule has 0 aliphatic rings. The summed E-state index contributed by atoms with van der Waals surface area (Å²) in [5.41, 5.74) is 0.405. The monoisotopic (exact) mass is 199 g/mol. The molecule has 0 aromatic carbocycles. The van der Waals surface area contributed by atoms with E-state index in [1.165, 1.54) is 12.8 Å². The highest BCUT2D eigenvalue weighted by atomic mass is 16.4. The maximum atomic E-state index is 10.4. The third kappa shape index (κ3) is 5.75. The lowest BCUT2D eigenvalue weighted by atomic mass is 10.0. The molecule has 3 nitrogen and oxygen atoms in total. The maximum absolute atomic E-state index is 10.4. The van der Waals surface area contributed by atoms with Gasteiger partial charge in [0, 0.05) is 12.1 Å². The lowest BCUT2D eigenvalue weighted by Gasteiger charge is -2.11. The molecule has 0 saturated heterocycles. The first-order valence-electron chi connectivity index (χ1n) is 5.22. The SMILES string of the molecule is CCC(CC)CNC/C=C(/C)C(=O)O. The van der Waals surface area contributed by atoms with Gasteiger partial charge in [0.2, 0.25) is 0 Å². The molecule has 3 heteroatoms. The highest BCUT2D eigenvalue weighted by molar-refractivity contribution is 5.85. The van der Waals surface area contributed by atoms with E-state index in [0.29, 0.717) is 18.0 Å². The Morgan fingerprint density at radius 2 is 2.00 bits per heavy atom. The summed E-state index contributed by atoms with van der Waals surface area (Å²) in [6.07, 6.45) is 4.06. The summed E-state index contributed by atoms with van der Waals surface area (Å²) in [5, 5.41) is 11.8. The predicted octanol–water partition coefficient (Wildman–Crippen LogP) is 2.04. The summed E-state index contributed by atoms with van der Waals surface area (Å²) in [5.74, 6) is -0.136. The van der Waals surface area contributed by atoms with Crippen molar-refractivity contribution in [3.63, 3.8) is 0 Å². The maximum Gasteiger partial charge on any atom is 0.330 e. The molecule has 0 atom stereocenters. The Hall–Kier alpha value is -0.830. The highest BCUT2D eigenvalue weighted by Crippen LogP contribution is 2.04. The van der Waals surface area contributed by atoms with Crippen LogP contribution in [0.5, 0.6) is 0 Å². The third-order valence-corrected chi connectivity index (χ3v) is 2.48. The van der Waals surface area contributed by atoms with Gasteiger partial charge in [-0.3, -0.25) is 0 Å². The van der Waals surface area contributed by atoms with Crippen LogP contribution in [-0.4, -0.2) is 24.2 Å². The van der Waals surface area contributed by atoms with E-state index < -0.39 is 5.97 Å². The number of carboxylic acids is 1. The molecule has 82 valence electrons. The smallest absolute Gasteiger partial charge is 0.330 e. The van der Waals surface area contributed by atoms with Crippen molar-refractivity contribution in [3.05, 3.63) is 11.6 Å². The van der Waals surface area contributed by atoms with E-state index in [1.54, 1.807) is 13.0 Å². The van der Waals surface area contributed by atoms with Crippen LogP contribution >= 0.6 is 0 Å². The summed E-state index contributed by atoms with van der Waals surface area (Å²) < 4.78 is 0. The molecule has 0 heterocycles. The second-order valence-electron chi connectivity index (χ2n) is 3.53. The second kappa shape index (κ2) is 7.56. The average molecular weight is 199 g/mol. The number of carboxylic acid groups (broad SMARTS) is 1. The van der Waals surface area contributed by atoms with Crippen LogP contribution in [0.3, 0.4) is 0 Å². The molecule has 0 saturated carbocycles. The normalized spacial score (nSPS) is 12.1. The number of rotatable bonds is 7. The van der Waals surface area contributed by atoms with Crippen molar-refractivity contribution in [1.82, 2.24) is 5.32 Å². The molecule has 14 heavy (non-hydrogen) atoms. The summed E-state index contributed by atoms with van der Waals surface area (Å²) in [6.45, 7) is 7.58. The standard InChI is InChI=1S/C11H21NO2/c1-4-10(5-2)8-12-7-6-9(3)11(13)14/h6,10,12H,4-5,7-8H2,1-3H3,(H,13,14)/b9-6-. The Morgan fingerprint density at radius 1 is 1.43 bits per heavy atom. The first-order chi connectivity index (χ1) is 6.61. The van der Waals surface area contributed by atoms with Crippen molar-refractivity contribution < 1.29 is 9.90 Å². The fraction of sp³-hybridized carbons (Fsp3) is 0.727. The summed E-state index contributed by atoms with van der Waals surface area (Å²) in [6, 6.07) is 0. The van der Waals surface area contributed by atoms with Crippen molar-refractivity contribution in [2.24, 2.45) is 5.92 Å². The number of hydrogen-bond acceptors (Lipinski definition) is 2. The lowest BCUT2D eigenvalue weighted by molar-refractivity contribution is -0.132. The summed E-state index contributed by atoms with van der Waals surface area (Å²) in [7, 11) is 0.